The average Bonchev–Trinajstić information content (AvgIpc) is 2.76. The molecule has 0 radical (unpaired) electrons. The molecule has 2 aliphatic rings. The lowest BCUT2D eigenvalue weighted by Crippen LogP contribution is -2.24. The van der Waals surface area contributed by atoms with Crippen LogP contribution in [0.5, 0.6) is 0 Å². The molecule has 3 rings (SSSR count). The van der Waals surface area contributed by atoms with Gasteiger partial charge >= 0.3 is 6.18 Å². The highest BCUT2D eigenvalue weighted by Gasteiger charge is 2.53. The van der Waals surface area contributed by atoms with Crippen LogP contribution in [0.25, 0.3) is 0 Å². The quantitative estimate of drug-likeness (QED) is 0.616. The van der Waals surface area contributed by atoms with Crippen LogP contribution in [-0.4, -0.2) is 9.65 Å². The summed E-state index contributed by atoms with van der Waals surface area (Å²) >= 11 is 6.84. The van der Waals surface area contributed by atoms with Crippen molar-refractivity contribution < 1.29 is 17.9 Å². The second-order valence-corrected chi connectivity index (χ2v) is 6.29. The fourth-order valence-electron chi connectivity index (χ4n) is 2.51. The summed E-state index contributed by atoms with van der Waals surface area (Å²) in [5.74, 6) is 0. The van der Waals surface area contributed by atoms with E-state index in [1.54, 1.807) is 6.07 Å². The third-order valence-electron chi connectivity index (χ3n) is 3.21. The van der Waals surface area contributed by atoms with Crippen molar-refractivity contribution in [1.29, 1.82) is 0 Å². The van der Waals surface area contributed by atoms with Crippen LogP contribution < -0.4 is 0 Å². The van der Waals surface area contributed by atoms with E-state index in [1.165, 1.54) is 6.07 Å². The summed E-state index contributed by atoms with van der Waals surface area (Å²) < 4.78 is 44.3. The Balaban J connectivity index is 2.19. The monoisotopic (exact) mass is 370 g/mol. The van der Waals surface area contributed by atoms with Crippen molar-refractivity contribution in [2.45, 2.75) is 28.0 Å². The van der Waals surface area contributed by atoms with E-state index in [2.05, 4.69) is 31.9 Å². The number of hydrogen-bond acceptors (Lipinski definition) is 1. The molecule has 17 heavy (non-hydrogen) atoms. The first kappa shape index (κ1) is 12.0. The number of ether oxygens (including phenoxy) is 1. The zero-order valence-corrected chi connectivity index (χ0v) is 11.5. The molecular formula is C11H7Br2F3O. The second kappa shape index (κ2) is 3.71. The summed E-state index contributed by atoms with van der Waals surface area (Å²) in [6, 6.07) is 4.27. The first-order valence-electron chi connectivity index (χ1n) is 5.05. The van der Waals surface area contributed by atoms with Crippen LogP contribution in [0.4, 0.5) is 13.2 Å². The molecule has 1 nitrogen and oxygen atoms in total. The van der Waals surface area contributed by atoms with Gasteiger partial charge in [-0.25, -0.2) is 0 Å². The van der Waals surface area contributed by atoms with Gasteiger partial charge in [-0.15, -0.1) is 0 Å². The third-order valence-corrected chi connectivity index (χ3v) is 6.02. The zero-order valence-electron chi connectivity index (χ0n) is 8.34. The minimum Gasteiger partial charge on any atom is -0.363 e. The van der Waals surface area contributed by atoms with Gasteiger partial charge in [0.25, 0.3) is 0 Å². The summed E-state index contributed by atoms with van der Waals surface area (Å²) in [7, 11) is 0. The van der Waals surface area contributed by atoms with E-state index in [1.807, 2.05) is 0 Å². The summed E-state index contributed by atoms with van der Waals surface area (Å²) in [4.78, 5) is -0.105. The predicted molar refractivity (Wildman–Crippen MR) is 63.4 cm³/mol. The molecular weight excluding hydrogens is 365 g/mol. The zero-order chi connectivity index (χ0) is 12.4. The van der Waals surface area contributed by atoms with Gasteiger partial charge in [-0.3, -0.25) is 0 Å². The summed E-state index contributed by atoms with van der Waals surface area (Å²) in [5.41, 5.74) is 0.372. The molecule has 0 unspecified atom stereocenters. The van der Waals surface area contributed by atoms with Gasteiger partial charge in [0.15, 0.2) is 0 Å². The maximum absolute atomic E-state index is 12.9. The van der Waals surface area contributed by atoms with Gasteiger partial charge in [0.2, 0.25) is 0 Å². The molecule has 2 aliphatic heterocycles. The molecule has 0 aliphatic carbocycles. The van der Waals surface area contributed by atoms with Gasteiger partial charge < -0.3 is 4.74 Å². The highest BCUT2D eigenvalue weighted by Crippen LogP contribution is 2.58. The second-order valence-electron chi connectivity index (χ2n) is 4.17. The minimum atomic E-state index is -4.33. The van der Waals surface area contributed by atoms with Crippen molar-refractivity contribution in [2.75, 3.05) is 0 Å². The lowest BCUT2D eigenvalue weighted by Gasteiger charge is -2.24. The lowest BCUT2D eigenvalue weighted by molar-refractivity contribution is -0.138. The first-order chi connectivity index (χ1) is 7.91. The van der Waals surface area contributed by atoms with Crippen molar-refractivity contribution >= 4 is 31.9 Å². The van der Waals surface area contributed by atoms with Crippen LogP contribution >= 0.6 is 31.9 Å². The van der Waals surface area contributed by atoms with Crippen molar-refractivity contribution in [3.05, 3.63) is 34.9 Å². The molecule has 4 atom stereocenters. The molecule has 92 valence electrons. The first-order valence-corrected chi connectivity index (χ1v) is 6.88. The highest BCUT2D eigenvalue weighted by atomic mass is 79.9. The molecule has 1 saturated heterocycles. The van der Waals surface area contributed by atoms with Crippen LogP contribution in [0.2, 0.25) is 0 Å². The number of hydrogen-bond donors (Lipinski definition) is 0. The Morgan fingerprint density at radius 3 is 2.35 bits per heavy atom. The molecule has 6 heteroatoms. The highest BCUT2D eigenvalue weighted by molar-refractivity contribution is 9.12. The van der Waals surface area contributed by atoms with E-state index >= 15 is 0 Å². The Bertz CT molecular complexity index is 474. The summed E-state index contributed by atoms with van der Waals surface area (Å²) in [6.45, 7) is 0. The van der Waals surface area contributed by atoms with Crippen LogP contribution in [0, 0.1) is 0 Å². The molecule has 1 aromatic rings. The van der Waals surface area contributed by atoms with Crippen molar-refractivity contribution in [2.24, 2.45) is 0 Å². The van der Waals surface area contributed by atoms with Crippen molar-refractivity contribution in [3.8, 4) is 0 Å². The minimum absolute atomic E-state index is 0.0171. The molecule has 2 heterocycles. The Labute approximate surface area is 113 Å². The van der Waals surface area contributed by atoms with E-state index in [0.29, 0.717) is 11.1 Å². The molecule has 0 amide bonds. The van der Waals surface area contributed by atoms with Gasteiger partial charge in [0, 0.05) is 0 Å². The molecule has 0 N–H and O–H groups in total. The lowest BCUT2D eigenvalue weighted by atomic mass is 9.88. The number of alkyl halides is 5. The fourth-order valence-corrected chi connectivity index (χ4v) is 3.86. The number of halogens is 5. The number of rotatable bonds is 0. The third kappa shape index (κ3) is 1.60. The van der Waals surface area contributed by atoms with E-state index in [9.17, 15) is 13.2 Å². The van der Waals surface area contributed by atoms with Crippen molar-refractivity contribution in [3.63, 3.8) is 0 Å². The number of benzene rings is 1. The van der Waals surface area contributed by atoms with E-state index in [-0.39, 0.29) is 15.8 Å². The molecule has 0 saturated carbocycles. The Morgan fingerprint density at radius 1 is 1.06 bits per heavy atom. The number of fused-ring (bicyclic) bond motifs is 5. The Kier molecular flexibility index (Phi) is 2.62. The normalized spacial score (nSPS) is 35.1. The van der Waals surface area contributed by atoms with Crippen LogP contribution in [0.1, 0.15) is 28.9 Å². The predicted octanol–water partition coefficient (Wildman–Crippen LogP) is 4.36. The molecule has 0 spiro atoms. The largest absolute Gasteiger partial charge is 0.416 e. The molecule has 2 bridgehead atoms. The average molecular weight is 372 g/mol. The van der Waals surface area contributed by atoms with Crippen LogP contribution in [0.3, 0.4) is 0 Å². The standard InChI is InChI=1S/C11H7Br2F3O/c12-7-8(13)10-6-4(9(7)17-10)2-1-3-5(6)11(14,15)16/h1-3,7-10H/t7-,8+,9-,10-/m1/s1. The van der Waals surface area contributed by atoms with E-state index < -0.39 is 17.8 Å². The fraction of sp³-hybridized carbons (Fsp3) is 0.455. The SMILES string of the molecule is FC(F)(F)c1cccc2c1[C@H]1O[C@H]2[C@H](Br)[C@@H]1Br. The van der Waals surface area contributed by atoms with Gasteiger partial charge in [-0.2, -0.15) is 13.2 Å². The molecule has 0 aromatic heterocycles. The molecule has 1 fully saturated rings. The van der Waals surface area contributed by atoms with Crippen LogP contribution in [-0.2, 0) is 10.9 Å². The van der Waals surface area contributed by atoms with Gasteiger partial charge in [0.05, 0.1) is 27.4 Å². The topological polar surface area (TPSA) is 9.23 Å². The maximum atomic E-state index is 12.9. The summed E-state index contributed by atoms with van der Waals surface area (Å²) in [5, 5.41) is 0. The Morgan fingerprint density at radius 2 is 1.71 bits per heavy atom. The summed E-state index contributed by atoms with van der Waals surface area (Å²) in [6.07, 6.45) is -5.13. The van der Waals surface area contributed by atoms with Gasteiger partial charge in [-0.05, 0) is 17.2 Å². The Hall–Kier alpha value is -0.0700. The van der Waals surface area contributed by atoms with Crippen molar-refractivity contribution in [1.82, 2.24) is 0 Å². The molecule has 1 aromatic carbocycles. The van der Waals surface area contributed by atoms with E-state index in [4.69, 9.17) is 4.74 Å². The smallest absolute Gasteiger partial charge is 0.363 e. The maximum Gasteiger partial charge on any atom is 0.416 e. The van der Waals surface area contributed by atoms with Crippen LogP contribution in [0.15, 0.2) is 18.2 Å². The van der Waals surface area contributed by atoms with E-state index in [0.717, 1.165) is 6.07 Å². The van der Waals surface area contributed by atoms with Gasteiger partial charge in [0.1, 0.15) is 0 Å². The van der Waals surface area contributed by atoms with Gasteiger partial charge in [-0.1, -0.05) is 44.0 Å².